The lowest BCUT2D eigenvalue weighted by Crippen LogP contribution is -2.39. The number of carboxylic acids is 1. The Bertz CT molecular complexity index is 738. The highest BCUT2D eigenvalue weighted by atomic mass is 32.1. The highest BCUT2D eigenvalue weighted by Crippen LogP contribution is 2.38. The third-order valence-electron chi connectivity index (χ3n) is 4.65. The van der Waals surface area contributed by atoms with Gasteiger partial charge < -0.3 is 5.11 Å². The number of hydrogen-bond donors (Lipinski definition) is 1. The molecule has 1 N–H and O–H groups in total. The number of benzene rings is 1. The van der Waals surface area contributed by atoms with Crippen LogP contribution < -0.4 is 0 Å². The SMILES string of the molecule is Cc1ccsc1C(c1ccc(F)cc1F)N1CCC(C(=O)O)CC1. The van der Waals surface area contributed by atoms with E-state index in [2.05, 4.69) is 4.90 Å². The zero-order chi connectivity index (χ0) is 17.3. The summed E-state index contributed by atoms with van der Waals surface area (Å²) in [5, 5.41) is 11.1. The second-order valence-electron chi connectivity index (χ2n) is 6.18. The molecule has 1 aliphatic heterocycles. The van der Waals surface area contributed by atoms with Crippen LogP contribution in [-0.4, -0.2) is 29.1 Å². The van der Waals surface area contributed by atoms with Crippen LogP contribution in [0.2, 0.25) is 0 Å². The average molecular weight is 351 g/mol. The maximum absolute atomic E-state index is 14.4. The fraction of sp³-hybridized carbons (Fsp3) is 0.389. The van der Waals surface area contributed by atoms with E-state index in [1.807, 2.05) is 18.4 Å². The third-order valence-corrected chi connectivity index (χ3v) is 5.72. The number of carbonyl (C=O) groups is 1. The maximum Gasteiger partial charge on any atom is 0.306 e. The number of hydrogen-bond acceptors (Lipinski definition) is 3. The minimum atomic E-state index is -0.772. The first-order chi connectivity index (χ1) is 11.5. The summed E-state index contributed by atoms with van der Waals surface area (Å²) in [6.07, 6.45) is 1.08. The van der Waals surface area contributed by atoms with Crippen molar-refractivity contribution in [1.29, 1.82) is 0 Å². The fourth-order valence-corrected chi connectivity index (χ4v) is 4.37. The Morgan fingerprint density at radius 2 is 2.00 bits per heavy atom. The molecule has 3 nitrogen and oxygen atoms in total. The number of aliphatic carboxylic acids is 1. The summed E-state index contributed by atoms with van der Waals surface area (Å²) in [5.41, 5.74) is 1.50. The first-order valence-electron chi connectivity index (χ1n) is 7.93. The summed E-state index contributed by atoms with van der Waals surface area (Å²) >= 11 is 1.55. The molecule has 24 heavy (non-hydrogen) atoms. The van der Waals surface area contributed by atoms with Gasteiger partial charge in [0.1, 0.15) is 11.6 Å². The lowest BCUT2D eigenvalue weighted by Gasteiger charge is -2.37. The molecule has 2 aromatic rings. The Morgan fingerprint density at radius 3 is 2.54 bits per heavy atom. The summed E-state index contributed by atoms with van der Waals surface area (Å²) in [6.45, 7) is 3.13. The van der Waals surface area contributed by atoms with Crippen molar-refractivity contribution in [3.05, 3.63) is 57.3 Å². The van der Waals surface area contributed by atoms with Crippen molar-refractivity contribution in [2.24, 2.45) is 5.92 Å². The quantitative estimate of drug-likeness (QED) is 0.897. The Balaban J connectivity index is 1.95. The van der Waals surface area contributed by atoms with Crippen molar-refractivity contribution >= 4 is 17.3 Å². The molecule has 6 heteroatoms. The van der Waals surface area contributed by atoms with Gasteiger partial charge >= 0.3 is 5.97 Å². The molecule has 1 aromatic heterocycles. The van der Waals surface area contributed by atoms with Gasteiger partial charge in [0, 0.05) is 16.5 Å². The number of halogens is 2. The van der Waals surface area contributed by atoms with E-state index in [1.54, 1.807) is 11.3 Å². The van der Waals surface area contributed by atoms with E-state index >= 15 is 0 Å². The van der Waals surface area contributed by atoms with Crippen molar-refractivity contribution in [2.75, 3.05) is 13.1 Å². The van der Waals surface area contributed by atoms with Crippen LogP contribution in [0.25, 0.3) is 0 Å². The second-order valence-corrected chi connectivity index (χ2v) is 7.13. The van der Waals surface area contributed by atoms with Gasteiger partial charge in [-0.05, 0) is 55.9 Å². The molecular formula is C18H19F2NO2S. The van der Waals surface area contributed by atoms with Gasteiger partial charge in [0.05, 0.1) is 12.0 Å². The lowest BCUT2D eigenvalue weighted by molar-refractivity contribution is -0.143. The predicted molar refractivity (Wildman–Crippen MR) is 89.2 cm³/mol. The first kappa shape index (κ1) is 17.0. The van der Waals surface area contributed by atoms with Crippen molar-refractivity contribution in [1.82, 2.24) is 4.90 Å². The summed E-state index contributed by atoms with van der Waals surface area (Å²) in [5.74, 6) is -2.27. The third kappa shape index (κ3) is 3.35. The average Bonchev–Trinajstić information content (AvgIpc) is 2.96. The lowest BCUT2D eigenvalue weighted by atomic mass is 9.93. The molecule has 0 radical (unpaired) electrons. The van der Waals surface area contributed by atoms with Gasteiger partial charge in [-0.1, -0.05) is 6.07 Å². The van der Waals surface area contributed by atoms with Gasteiger partial charge in [-0.2, -0.15) is 0 Å². The number of aryl methyl sites for hydroxylation is 1. The van der Waals surface area contributed by atoms with Crippen LogP contribution >= 0.6 is 11.3 Å². The molecule has 0 bridgehead atoms. The molecule has 0 spiro atoms. The molecular weight excluding hydrogens is 332 g/mol. The van der Waals surface area contributed by atoms with Gasteiger partial charge in [0.25, 0.3) is 0 Å². The van der Waals surface area contributed by atoms with Gasteiger partial charge in [0.15, 0.2) is 0 Å². The number of carboxylic acid groups (broad SMARTS) is 1. The maximum atomic E-state index is 14.4. The van der Waals surface area contributed by atoms with Crippen LogP contribution in [0, 0.1) is 24.5 Å². The zero-order valence-corrected chi connectivity index (χ0v) is 14.2. The van der Waals surface area contributed by atoms with E-state index < -0.39 is 17.6 Å². The van der Waals surface area contributed by atoms with Gasteiger partial charge in [-0.25, -0.2) is 8.78 Å². The molecule has 0 saturated carbocycles. The minimum Gasteiger partial charge on any atom is -0.481 e. The Hall–Kier alpha value is -1.79. The van der Waals surface area contributed by atoms with E-state index in [9.17, 15) is 13.6 Å². The monoisotopic (exact) mass is 351 g/mol. The summed E-state index contributed by atoms with van der Waals surface area (Å²) in [6, 6.07) is 5.37. The molecule has 1 aromatic carbocycles. The van der Waals surface area contributed by atoms with Gasteiger partial charge in [-0.15, -0.1) is 11.3 Å². The van der Waals surface area contributed by atoms with Crippen LogP contribution in [0.15, 0.2) is 29.6 Å². The van der Waals surface area contributed by atoms with Crippen LogP contribution in [0.3, 0.4) is 0 Å². The van der Waals surface area contributed by atoms with Crippen LogP contribution in [0.5, 0.6) is 0 Å². The number of piperidine rings is 1. The first-order valence-corrected chi connectivity index (χ1v) is 8.81. The molecule has 2 heterocycles. The Morgan fingerprint density at radius 1 is 1.29 bits per heavy atom. The molecule has 1 unspecified atom stereocenters. The van der Waals surface area contributed by atoms with E-state index in [-0.39, 0.29) is 12.0 Å². The Labute approximate surface area is 143 Å². The number of thiophene rings is 1. The van der Waals surface area contributed by atoms with E-state index in [0.717, 1.165) is 16.5 Å². The van der Waals surface area contributed by atoms with Crippen molar-refractivity contribution in [3.63, 3.8) is 0 Å². The smallest absolute Gasteiger partial charge is 0.306 e. The zero-order valence-electron chi connectivity index (χ0n) is 13.3. The largest absolute Gasteiger partial charge is 0.481 e. The molecule has 0 amide bonds. The van der Waals surface area contributed by atoms with E-state index in [4.69, 9.17) is 5.11 Å². The van der Waals surface area contributed by atoms with Gasteiger partial charge in [-0.3, -0.25) is 9.69 Å². The molecule has 128 valence electrons. The molecule has 1 atom stereocenters. The van der Waals surface area contributed by atoms with Crippen molar-refractivity contribution in [3.8, 4) is 0 Å². The fourth-order valence-electron chi connectivity index (χ4n) is 3.30. The molecule has 3 rings (SSSR count). The number of nitrogens with zero attached hydrogens (tertiary/aromatic N) is 1. The summed E-state index contributed by atoms with van der Waals surface area (Å²) < 4.78 is 27.7. The molecule has 0 aliphatic carbocycles. The molecule has 1 saturated heterocycles. The summed E-state index contributed by atoms with van der Waals surface area (Å²) in [7, 11) is 0. The molecule has 1 fully saturated rings. The molecule has 1 aliphatic rings. The second kappa shape index (κ2) is 6.99. The Kier molecular flexibility index (Phi) is 4.96. The van der Waals surface area contributed by atoms with Crippen LogP contribution in [0.1, 0.15) is 34.9 Å². The number of rotatable bonds is 4. The van der Waals surface area contributed by atoms with E-state index in [0.29, 0.717) is 31.5 Å². The van der Waals surface area contributed by atoms with Crippen molar-refractivity contribution in [2.45, 2.75) is 25.8 Å². The summed E-state index contributed by atoms with van der Waals surface area (Å²) in [4.78, 5) is 14.3. The topological polar surface area (TPSA) is 40.5 Å². The highest BCUT2D eigenvalue weighted by molar-refractivity contribution is 7.10. The standard InChI is InChI=1S/C18H19F2NO2S/c1-11-6-9-24-17(11)16(14-3-2-13(19)10-15(14)20)21-7-4-12(5-8-21)18(22)23/h2-3,6,9-10,12,16H,4-5,7-8H2,1H3,(H,22,23). The normalized spacial score (nSPS) is 17.8. The minimum absolute atomic E-state index is 0.305. The van der Waals surface area contributed by atoms with Gasteiger partial charge in [0.2, 0.25) is 0 Å². The van der Waals surface area contributed by atoms with E-state index in [1.165, 1.54) is 12.1 Å². The van der Waals surface area contributed by atoms with Crippen molar-refractivity contribution < 1.29 is 18.7 Å². The highest BCUT2D eigenvalue weighted by Gasteiger charge is 2.32. The van der Waals surface area contributed by atoms with Crippen LogP contribution in [-0.2, 0) is 4.79 Å². The number of likely N-dealkylation sites (tertiary alicyclic amines) is 1. The predicted octanol–water partition coefficient (Wildman–Crippen LogP) is 4.22. The van der Waals surface area contributed by atoms with Crippen LogP contribution in [0.4, 0.5) is 8.78 Å².